The fraction of sp³-hybridized carbons (Fsp3) is 0.263. The summed E-state index contributed by atoms with van der Waals surface area (Å²) in [5, 5.41) is 0. The lowest BCUT2D eigenvalue weighted by atomic mass is 10.1. The summed E-state index contributed by atoms with van der Waals surface area (Å²) in [6, 6.07) is 10.9. The molecule has 0 bridgehead atoms. The van der Waals surface area contributed by atoms with Crippen molar-refractivity contribution in [1.82, 2.24) is 4.72 Å². The number of esters is 2. The van der Waals surface area contributed by atoms with E-state index in [0.29, 0.717) is 6.42 Å². The molecule has 0 saturated carbocycles. The number of ether oxygens (including phenoxy) is 2. The fourth-order valence-corrected chi connectivity index (χ4v) is 4.48. The molecule has 8 heteroatoms. The minimum absolute atomic E-state index is 0.0485. The van der Waals surface area contributed by atoms with Gasteiger partial charge in [0.2, 0.25) is 10.0 Å². The smallest absolute Gasteiger partial charge is 0.337 e. The Bertz CT molecular complexity index is 965. The largest absolute Gasteiger partial charge is 0.465 e. The summed E-state index contributed by atoms with van der Waals surface area (Å²) in [4.78, 5) is 23.5. The Morgan fingerprint density at radius 3 is 2.19 bits per heavy atom. The molecule has 2 aromatic carbocycles. The highest BCUT2D eigenvalue weighted by Gasteiger charge is 2.28. The molecule has 0 aromatic heterocycles. The molecule has 0 fully saturated rings. The predicted molar refractivity (Wildman–Crippen MR) is 96.9 cm³/mol. The molecule has 0 unspecified atom stereocenters. The summed E-state index contributed by atoms with van der Waals surface area (Å²) in [5.74, 6) is -1.49. The van der Waals surface area contributed by atoms with E-state index in [-0.39, 0.29) is 22.1 Å². The molecule has 27 heavy (non-hydrogen) atoms. The summed E-state index contributed by atoms with van der Waals surface area (Å²) in [7, 11) is -1.63. The van der Waals surface area contributed by atoms with Crippen LogP contribution < -0.4 is 4.72 Å². The zero-order valence-corrected chi connectivity index (χ0v) is 15.7. The van der Waals surface area contributed by atoms with Gasteiger partial charge in [-0.15, -0.1) is 0 Å². The van der Waals surface area contributed by atoms with Gasteiger partial charge in [-0.25, -0.2) is 22.7 Å². The fourth-order valence-electron chi connectivity index (χ4n) is 3.16. The van der Waals surface area contributed by atoms with E-state index >= 15 is 0 Å². The molecule has 1 atom stereocenters. The van der Waals surface area contributed by atoms with E-state index in [1.165, 1.54) is 32.4 Å². The number of aryl methyl sites for hydroxylation is 1. The first-order chi connectivity index (χ1) is 12.9. The van der Waals surface area contributed by atoms with E-state index in [2.05, 4.69) is 14.2 Å². The van der Waals surface area contributed by atoms with Crippen LogP contribution in [0.2, 0.25) is 0 Å². The quantitative estimate of drug-likeness (QED) is 0.788. The molecule has 3 rings (SSSR count). The van der Waals surface area contributed by atoms with Crippen LogP contribution >= 0.6 is 0 Å². The molecule has 2 aromatic rings. The number of methoxy groups -OCH3 is 2. The van der Waals surface area contributed by atoms with Crippen LogP contribution in [0.1, 0.15) is 44.3 Å². The first-order valence-corrected chi connectivity index (χ1v) is 9.76. The Morgan fingerprint density at radius 2 is 1.59 bits per heavy atom. The number of rotatable bonds is 5. The number of carbonyl (C=O) groups is 2. The monoisotopic (exact) mass is 389 g/mol. The summed E-state index contributed by atoms with van der Waals surface area (Å²) >= 11 is 0. The molecule has 0 aliphatic heterocycles. The van der Waals surface area contributed by atoms with Crippen molar-refractivity contribution in [3.63, 3.8) is 0 Å². The average molecular weight is 389 g/mol. The Labute approximate surface area is 157 Å². The van der Waals surface area contributed by atoms with Gasteiger partial charge in [0.1, 0.15) is 0 Å². The van der Waals surface area contributed by atoms with Crippen LogP contribution in [0.5, 0.6) is 0 Å². The summed E-state index contributed by atoms with van der Waals surface area (Å²) in [6.45, 7) is 0. The summed E-state index contributed by atoms with van der Waals surface area (Å²) in [5.41, 5.74) is 1.93. The molecule has 0 radical (unpaired) electrons. The highest BCUT2D eigenvalue weighted by Crippen LogP contribution is 2.32. The normalized spacial score (nSPS) is 15.9. The maximum Gasteiger partial charge on any atom is 0.337 e. The van der Waals surface area contributed by atoms with Crippen LogP contribution in [0.15, 0.2) is 47.4 Å². The molecule has 0 amide bonds. The van der Waals surface area contributed by atoms with Gasteiger partial charge in [-0.3, -0.25) is 0 Å². The molecule has 1 N–H and O–H groups in total. The van der Waals surface area contributed by atoms with Crippen LogP contribution in [-0.4, -0.2) is 34.6 Å². The topological polar surface area (TPSA) is 98.8 Å². The minimum atomic E-state index is -3.98. The van der Waals surface area contributed by atoms with Crippen molar-refractivity contribution in [3.8, 4) is 0 Å². The Kier molecular flexibility index (Phi) is 5.29. The molecule has 0 saturated heterocycles. The molecular formula is C19H19NO6S. The third-order valence-corrected chi connectivity index (χ3v) is 5.94. The number of carbonyl (C=O) groups excluding carboxylic acids is 2. The number of benzene rings is 2. The Morgan fingerprint density at radius 1 is 1.00 bits per heavy atom. The summed E-state index contributed by atoms with van der Waals surface area (Å²) in [6.07, 6.45) is 1.41. The first-order valence-electron chi connectivity index (χ1n) is 8.27. The van der Waals surface area contributed by atoms with Gasteiger partial charge in [0.15, 0.2) is 0 Å². The van der Waals surface area contributed by atoms with Crippen molar-refractivity contribution in [2.24, 2.45) is 0 Å². The molecule has 1 aliphatic carbocycles. The van der Waals surface area contributed by atoms with Crippen molar-refractivity contribution in [3.05, 3.63) is 64.7 Å². The number of sulfonamides is 1. The van der Waals surface area contributed by atoms with Crippen molar-refractivity contribution < 1.29 is 27.5 Å². The molecule has 1 aliphatic rings. The van der Waals surface area contributed by atoms with Gasteiger partial charge in [-0.1, -0.05) is 24.3 Å². The Hall–Kier alpha value is -2.71. The van der Waals surface area contributed by atoms with Crippen LogP contribution in [-0.2, 0) is 25.9 Å². The number of fused-ring (bicyclic) bond motifs is 1. The average Bonchev–Trinajstić information content (AvgIpc) is 3.08. The third-order valence-electron chi connectivity index (χ3n) is 4.49. The van der Waals surface area contributed by atoms with Crippen LogP contribution in [0.4, 0.5) is 0 Å². The molecule has 7 nitrogen and oxygen atoms in total. The van der Waals surface area contributed by atoms with Crippen LogP contribution in [0.3, 0.4) is 0 Å². The number of nitrogens with one attached hydrogen (secondary N) is 1. The Balaban J connectivity index is 1.98. The number of hydrogen-bond donors (Lipinski definition) is 1. The second-order valence-corrected chi connectivity index (χ2v) is 7.85. The van der Waals surface area contributed by atoms with Gasteiger partial charge in [0.25, 0.3) is 0 Å². The second-order valence-electron chi connectivity index (χ2n) is 6.14. The lowest BCUT2D eigenvalue weighted by molar-refractivity contribution is 0.0598. The zero-order valence-electron chi connectivity index (χ0n) is 14.9. The van der Waals surface area contributed by atoms with Crippen molar-refractivity contribution in [1.29, 1.82) is 0 Å². The van der Waals surface area contributed by atoms with E-state index in [0.717, 1.165) is 17.5 Å². The minimum Gasteiger partial charge on any atom is -0.465 e. The van der Waals surface area contributed by atoms with Gasteiger partial charge in [-0.2, -0.15) is 0 Å². The van der Waals surface area contributed by atoms with Gasteiger partial charge in [-0.05, 0) is 42.2 Å². The van der Waals surface area contributed by atoms with Crippen LogP contribution in [0, 0.1) is 0 Å². The van der Waals surface area contributed by atoms with Crippen molar-refractivity contribution in [2.75, 3.05) is 14.2 Å². The van der Waals surface area contributed by atoms with Crippen molar-refractivity contribution in [2.45, 2.75) is 23.8 Å². The highest BCUT2D eigenvalue weighted by molar-refractivity contribution is 7.89. The molecule has 142 valence electrons. The van der Waals surface area contributed by atoms with Gasteiger partial charge in [0, 0.05) is 6.04 Å². The van der Waals surface area contributed by atoms with Crippen molar-refractivity contribution >= 4 is 22.0 Å². The molecular weight excluding hydrogens is 370 g/mol. The van der Waals surface area contributed by atoms with E-state index < -0.39 is 22.0 Å². The second kappa shape index (κ2) is 7.50. The van der Waals surface area contributed by atoms with Gasteiger partial charge < -0.3 is 9.47 Å². The first kappa shape index (κ1) is 19.1. The summed E-state index contributed by atoms with van der Waals surface area (Å²) < 4.78 is 37.8. The van der Waals surface area contributed by atoms with E-state index in [1.54, 1.807) is 0 Å². The highest BCUT2D eigenvalue weighted by atomic mass is 32.2. The van der Waals surface area contributed by atoms with Crippen LogP contribution in [0.25, 0.3) is 0 Å². The van der Waals surface area contributed by atoms with Gasteiger partial charge >= 0.3 is 11.9 Å². The standard InChI is InChI=1S/C19H19NO6S/c1-25-18(21)13-9-14(19(22)26-2)11-15(10-13)27(23,24)20-17-8-7-12-5-3-4-6-16(12)17/h3-6,9-11,17,20H,7-8H2,1-2H3/t17-/m1/s1. The van der Waals surface area contributed by atoms with E-state index in [4.69, 9.17) is 0 Å². The molecule has 0 spiro atoms. The SMILES string of the molecule is COC(=O)c1cc(C(=O)OC)cc(S(=O)(=O)N[C@@H]2CCc3ccccc32)c1. The predicted octanol–water partition coefficient (Wildman–Crippen LogP) is 2.23. The third kappa shape index (κ3) is 3.86. The molecule has 0 heterocycles. The lowest BCUT2D eigenvalue weighted by Crippen LogP contribution is -2.28. The maximum absolute atomic E-state index is 12.9. The van der Waals surface area contributed by atoms with E-state index in [9.17, 15) is 18.0 Å². The number of hydrogen-bond acceptors (Lipinski definition) is 6. The lowest BCUT2D eigenvalue weighted by Gasteiger charge is -2.15. The van der Waals surface area contributed by atoms with Gasteiger partial charge in [0.05, 0.1) is 30.2 Å². The van der Waals surface area contributed by atoms with E-state index in [1.807, 2.05) is 24.3 Å². The maximum atomic E-state index is 12.9. The zero-order chi connectivity index (χ0) is 19.6.